The summed E-state index contributed by atoms with van der Waals surface area (Å²) in [5, 5.41) is 11.5. The van der Waals surface area contributed by atoms with Crippen molar-refractivity contribution in [2.45, 2.75) is 12.5 Å². The van der Waals surface area contributed by atoms with Crippen molar-refractivity contribution < 1.29 is 24.2 Å². The molecule has 1 aromatic rings. The summed E-state index contributed by atoms with van der Waals surface area (Å²) in [5.41, 5.74) is 0.669. The van der Waals surface area contributed by atoms with E-state index in [4.69, 9.17) is 21.7 Å². The van der Waals surface area contributed by atoms with Gasteiger partial charge in [0, 0.05) is 11.6 Å². The molecular formula is C17H18NO5S3-. The molecule has 1 aromatic carbocycles. The summed E-state index contributed by atoms with van der Waals surface area (Å²) in [6.07, 6.45) is 3.78. The molecule has 1 unspecified atom stereocenters. The van der Waals surface area contributed by atoms with E-state index in [1.165, 1.54) is 18.9 Å². The molecule has 1 fully saturated rings. The van der Waals surface area contributed by atoms with Crippen molar-refractivity contribution >= 4 is 58.0 Å². The van der Waals surface area contributed by atoms with E-state index in [0.29, 0.717) is 27.7 Å². The van der Waals surface area contributed by atoms with E-state index in [0.717, 1.165) is 16.7 Å². The van der Waals surface area contributed by atoms with Crippen LogP contribution in [0.5, 0.6) is 11.5 Å². The first kappa shape index (κ1) is 20.6. The van der Waals surface area contributed by atoms with E-state index < -0.39 is 17.9 Å². The maximum atomic E-state index is 12.7. The van der Waals surface area contributed by atoms with Crippen LogP contribution in [-0.4, -0.2) is 53.4 Å². The average molecular weight is 413 g/mol. The average Bonchev–Trinajstić information content (AvgIpc) is 2.89. The fourth-order valence-corrected chi connectivity index (χ4v) is 4.22. The first-order valence-corrected chi connectivity index (χ1v) is 10.2. The van der Waals surface area contributed by atoms with Gasteiger partial charge in [-0.25, -0.2) is 0 Å². The largest absolute Gasteiger partial charge is 0.548 e. The van der Waals surface area contributed by atoms with Gasteiger partial charge in [0.1, 0.15) is 15.8 Å². The Morgan fingerprint density at radius 3 is 2.73 bits per heavy atom. The number of carbonyl (C=O) groups excluding carboxylic acids is 2. The lowest BCUT2D eigenvalue weighted by atomic mass is 10.1. The van der Waals surface area contributed by atoms with Crippen molar-refractivity contribution in [1.82, 2.24) is 4.90 Å². The molecule has 0 bridgehead atoms. The van der Waals surface area contributed by atoms with Crippen molar-refractivity contribution in [3.05, 3.63) is 28.7 Å². The Kier molecular flexibility index (Phi) is 7.36. The summed E-state index contributed by atoms with van der Waals surface area (Å²) in [6, 6.07) is 4.14. The van der Waals surface area contributed by atoms with Crippen LogP contribution in [0.4, 0.5) is 0 Å². The molecular weight excluding hydrogens is 394 g/mol. The third kappa shape index (κ3) is 4.52. The second kappa shape index (κ2) is 9.29. The Hall–Kier alpha value is -1.71. The molecule has 2 rings (SSSR count). The Balaban J connectivity index is 2.33. The number of thioether (sulfide) groups is 2. The molecule has 1 aliphatic rings. The fraction of sp³-hybridized carbons (Fsp3) is 0.353. The minimum atomic E-state index is -1.31. The lowest BCUT2D eigenvalue weighted by Gasteiger charge is -2.27. The number of rotatable bonds is 8. The molecule has 0 aliphatic carbocycles. The molecule has 26 heavy (non-hydrogen) atoms. The summed E-state index contributed by atoms with van der Waals surface area (Å²) in [5.74, 6) is 0.00187. The number of carbonyl (C=O) groups is 2. The van der Waals surface area contributed by atoms with E-state index in [1.54, 1.807) is 31.4 Å². The molecule has 0 saturated carbocycles. The van der Waals surface area contributed by atoms with Crippen molar-refractivity contribution in [2.24, 2.45) is 0 Å². The Morgan fingerprint density at radius 2 is 2.15 bits per heavy atom. The van der Waals surface area contributed by atoms with E-state index in [-0.39, 0.29) is 10.7 Å². The topological polar surface area (TPSA) is 78.9 Å². The van der Waals surface area contributed by atoms with Gasteiger partial charge in [0.25, 0.3) is 5.91 Å². The monoisotopic (exact) mass is 412 g/mol. The number of hydrogen-bond donors (Lipinski definition) is 0. The van der Waals surface area contributed by atoms with E-state index in [9.17, 15) is 14.7 Å². The van der Waals surface area contributed by atoms with Crippen LogP contribution in [0.15, 0.2) is 23.1 Å². The Bertz CT molecular complexity index is 750. The number of benzene rings is 1. The first-order valence-electron chi connectivity index (χ1n) is 7.61. The highest BCUT2D eigenvalue weighted by atomic mass is 32.2. The molecule has 1 atom stereocenters. The molecule has 6 nitrogen and oxygen atoms in total. The third-order valence-electron chi connectivity index (χ3n) is 3.73. The molecule has 9 heteroatoms. The number of nitrogens with zero attached hydrogens (tertiary/aromatic N) is 1. The van der Waals surface area contributed by atoms with Gasteiger partial charge in [-0.3, -0.25) is 9.69 Å². The number of aliphatic carboxylic acids is 1. The predicted molar refractivity (Wildman–Crippen MR) is 106 cm³/mol. The number of carboxylic acid groups (broad SMARTS) is 1. The normalized spacial score (nSPS) is 16.9. The number of ether oxygens (including phenoxy) is 2. The standard InChI is InChI=1S/C17H19NO5S3/c1-22-11-5-4-10(13(9-11)23-2)8-14-15(19)18(17(24)26-14)12(16(20)21)6-7-25-3/h4-5,8-9,12H,6-7H2,1-3H3,(H,20,21)/p-1. The molecule has 0 radical (unpaired) electrons. The van der Waals surface area contributed by atoms with Crippen molar-refractivity contribution in [3.63, 3.8) is 0 Å². The summed E-state index contributed by atoms with van der Waals surface area (Å²) >= 11 is 7.80. The zero-order chi connectivity index (χ0) is 19.3. The van der Waals surface area contributed by atoms with Gasteiger partial charge >= 0.3 is 0 Å². The Labute approximate surface area is 165 Å². The molecule has 1 aliphatic heterocycles. The van der Waals surface area contributed by atoms with Crippen LogP contribution in [0, 0.1) is 0 Å². The van der Waals surface area contributed by atoms with Gasteiger partial charge in [0.2, 0.25) is 0 Å². The van der Waals surface area contributed by atoms with Crippen LogP contribution in [0.25, 0.3) is 6.08 Å². The molecule has 0 N–H and O–H groups in total. The fourth-order valence-electron chi connectivity index (χ4n) is 2.41. The molecule has 1 amide bonds. The van der Waals surface area contributed by atoms with Crippen LogP contribution < -0.4 is 14.6 Å². The van der Waals surface area contributed by atoms with E-state index in [2.05, 4.69) is 0 Å². The van der Waals surface area contributed by atoms with Gasteiger partial charge in [-0.15, -0.1) is 0 Å². The van der Waals surface area contributed by atoms with Crippen molar-refractivity contribution in [3.8, 4) is 11.5 Å². The van der Waals surface area contributed by atoms with Gasteiger partial charge in [0.05, 0.1) is 31.1 Å². The molecule has 0 aromatic heterocycles. The molecule has 140 valence electrons. The minimum Gasteiger partial charge on any atom is -0.548 e. The van der Waals surface area contributed by atoms with Crippen LogP contribution in [-0.2, 0) is 9.59 Å². The third-order valence-corrected chi connectivity index (χ3v) is 5.70. The predicted octanol–water partition coefficient (Wildman–Crippen LogP) is 1.78. The molecule has 1 saturated heterocycles. The SMILES string of the molecule is COc1ccc(C=C2SC(=S)N(C(CCSC)C(=O)[O-])C2=O)c(OC)c1. The van der Waals surface area contributed by atoms with E-state index >= 15 is 0 Å². The lowest BCUT2D eigenvalue weighted by Crippen LogP contribution is -2.50. The number of amides is 1. The molecule has 1 heterocycles. The summed E-state index contributed by atoms with van der Waals surface area (Å²) < 4.78 is 10.7. The van der Waals surface area contributed by atoms with Gasteiger partial charge in [-0.1, -0.05) is 24.0 Å². The number of carboxylic acids is 1. The van der Waals surface area contributed by atoms with Gasteiger partial charge in [-0.05, 0) is 36.6 Å². The Morgan fingerprint density at radius 1 is 1.42 bits per heavy atom. The summed E-state index contributed by atoms with van der Waals surface area (Å²) in [6.45, 7) is 0. The minimum absolute atomic E-state index is 0.212. The van der Waals surface area contributed by atoms with E-state index in [1.807, 2.05) is 6.26 Å². The first-order chi connectivity index (χ1) is 12.4. The van der Waals surface area contributed by atoms with Crippen molar-refractivity contribution in [1.29, 1.82) is 0 Å². The summed E-state index contributed by atoms with van der Waals surface area (Å²) in [4.78, 5) is 25.7. The molecule has 0 spiro atoms. The lowest BCUT2D eigenvalue weighted by molar-refractivity contribution is -0.310. The van der Waals surface area contributed by atoms with Crippen LogP contribution in [0.1, 0.15) is 12.0 Å². The van der Waals surface area contributed by atoms with Gasteiger partial charge in [-0.2, -0.15) is 11.8 Å². The van der Waals surface area contributed by atoms with Crippen LogP contribution in [0.3, 0.4) is 0 Å². The quantitative estimate of drug-likeness (QED) is 0.472. The van der Waals surface area contributed by atoms with Gasteiger partial charge in [0.15, 0.2) is 0 Å². The highest BCUT2D eigenvalue weighted by Crippen LogP contribution is 2.36. The number of methoxy groups -OCH3 is 2. The van der Waals surface area contributed by atoms with Gasteiger partial charge < -0.3 is 19.4 Å². The summed E-state index contributed by atoms with van der Waals surface area (Å²) in [7, 11) is 3.07. The number of thiocarbonyl (C=S) groups is 1. The van der Waals surface area contributed by atoms with Crippen molar-refractivity contribution in [2.75, 3.05) is 26.2 Å². The zero-order valence-electron chi connectivity index (χ0n) is 14.5. The smallest absolute Gasteiger partial charge is 0.266 e. The maximum absolute atomic E-state index is 12.7. The highest BCUT2D eigenvalue weighted by Gasteiger charge is 2.37. The second-order valence-corrected chi connectivity index (χ2v) is 7.94. The zero-order valence-corrected chi connectivity index (χ0v) is 17.0. The second-order valence-electron chi connectivity index (χ2n) is 5.28. The maximum Gasteiger partial charge on any atom is 0.266 e. The number of hydrogen-bond acceptors (Lipinski definition) is 8. The van der Waals surface area contributed by atoms with Crippen LogP contribution in [0.2, 0.25) is 0 Å². The highest BCUT2D eigenvalue weighted by molar-refractivity contribution is 8.26. The van der Waals surface area contributed by atoms with Crippen LogP contribution >= 0.6 is 35.7 Å².